The van der Waals surface area contributed by atoms with E-state index in [-0.39, 0.29) is 26.5 Å². The summed E-state index contributed by atoms with van der Waals surface area (Å²) in [5, 5.41) is 0. The fourth-order valence-corrected chi connectivity index (χ4v) is 2.25. The van der Waals surface area contributed by atoms with Gasteiger partial charge in [0.2, 0.25) is 0 Å². The topological polar surface area (TPSA) is 3.01 Å². The molecule has 0 aromatic heterocycles. The molecule has 1 aliphatic rings. The van der Waals surface area contributed by atoms with E-state index >= 15 is 0 Å². The van der Waals surface area contributed by atoms with Gasteiger partial charge in [-0.1, -0.05) is 39.0 Å². The zero-order chi connectivity index (χ0) is 16.2. The van der Waals surface area contributed by atoms with Crippen molar-refractivity contribution >= 4 is 5.71 Å². The van der Waals surface area contributed by atoms with E-state index in [4.69, 9.17) is 0 Å². The fraction of sp³-hybridized carbons (Fsp3) is 0.286. The molecule has 0 heterocycles. The first-order valence-electron chi connectivity index (χ1n) is 7.59. The average Bonchev–Trinajstić information content (AvgIpc) is 2.47. The normalized spacial score (nSPS) is 16.5. The van der Waals surface area contributed by atoms with Crippen LogP contribution < -0.4 is 0 Å². The van der Waals surface area contributed by atoms with Gasteiger partial charge in [0, 0.05) is 0 Å². The first kappa shape index (κ1) is 19.6. The molecule has 23 heavy (non-hydrogen) atoms. The number of nitrogens with zero attached hydrogens (tertiary/aromatic N) is 1. The number of benzene rings is 1. The predicted molar refractivity (Wildman–Crippen MR) is 93.9 cm³/mol. The summed E-state index contributed by atoms with van der Waals surface area (Å²) in [5.41, 5.74) is 4.66. The molecular formula is C21H24NW+. The van der Waals surface area contributed by atoms with Crippen LogP contribution >= 0.6 is 0 Å². The van der Waals surface area contributed by atoms with Crippen LogP contribution in [-0.4, -0.2) is 24.4 Å². The molecule has 1 aromatic carbocycles. The van der Waals surface area contributed by atoms with Crippen LogP contribution in [0.5, 0.6) is 0 Å². The molecule has 1 nitrogen and oxygen atoms in total. The zero-order valence-corrected chi connectivity index (χ0v) is 17.5. The van der Waals surface area contributed by atoms with E-state index in [1.165, 1.54) is 5.57 Å². The second-order valence-electron chi connectivity index (χ2n) is 6.67. The first-order chi connectivity index (χ1) is 10.4. The van der Waals surface area contributed by atoms with Crippen LogP contribution in [0.1, 0.15) is 26.3 Å². The van der Waals surface area contributed by atoms with Gasteiger partial charge >= 0.3 is 21.1 Å². The average molecular weight is 474 g/mol. The van der Waals surface area contributed by atoms with E-state index in [0.29, 0.717) is 0 Å². The zero-order valence-electron chi connectivity index (χ0n) is 14.6. The summed E-state index contributed by atoms with van der Waals surface area (Å²) in [6.07, 6.45) is 15.2. The Kier molecular flexibility index (Phi) is 7.16. The van der Waals surface area contributed by atoms with E-state index in [1.807, 2.05) is 38.4 Å². The molecule has 0 amide bonds. The molecule has 0 N–H and O–H groups in total. The van der Waals surface area contributed by atoms with Crippen LogP contribution in [0.2, 0.25) is 0 Å². The molecule has 0 bridgehead atoms. The molecule has 0 atom stereocenters. The van der Waals surface area contributed by atoms with Gasteiger partial charge < -0.3 is 0 Å². The standard InChI is InChI=1S/C21H24N.W/c1-21(2,3)20(16-11-17-9-7-6-8-10-17)18-12-14-19(15-13-18)22(4)5;/h6-10,12,14-16H,1-5H3;/q-1;+2/b20-18+;. The third kappa shape index (κ3) is 5.59. The molecule has 1 aromatic rings. The van der Waals surface area contributed by atoms with E-state index in [1.54, 1.807) is 0 Å². The smallest absolute Gasteiger partial charge is 0.275 e. The summed E-state index contributed by atoms with van der Waals surface area (Å²) in [6, 6.07) is 10.2. The van der Waals surface area contributed by atoms with Gasteiger partial charge in [0.25, 0.3) is 0 Å². The minimum atomic E-state index is 0. The summed E-state index contributed by atoms with van der Waals surface area (Å²) in [7, 11) is 4.08. The SMILES string of the molecule is C[N+](C)=C1C=[C-]/C(=C(\C=[C-]c2ccccc2)C(C)(C)C)C=C1.[W+2]. The van der Waals surface area contributed by atoms with Crippen molar-refractivity contribution < 1.29 is 25.6 Å². The number of allylic oxidation sites excluding steroid dienone is 7. The number of rotatable bonds is 2. The third-order valence-corrected chi connectivity index (χ3v) is 3.57. The molecule has 2 heteroatoms. The molecule has 0 saturated carbocycles. The molecular weight excluding hydrogens is 450 g/mol. The van der Waals surface area contributed by atoms with Crippen LogP contribution in [0, 0.1) is 17.6 Å². The molecule has 118 valence electrons. The molecule has 0 fully saturated rings. The Morgan fingerprint density at radius 2 is 1.74 bits per heavy atom. The Labute approximate surface area is 155 Å². The van der Waals surface area contributed by atoms with Crippen molar-refractivity contribution in [2.75, 3.05) is 14.1 Å². The van der Waals surface area contributed by atoms with Gasteiger partial charge in [-0.3, -0.25) is 4.58 Å². The summed E-state index contributed by atoms with van der Waals surface area (Å²) < 4.78 is 2.09. The van der Waals surface area contributed by atoms with E-state index < -0.39 is 0 Å². The molecule has 0 radical (unpaired) electrons. The monoisotopic (exact) mass is 474 g/mol. The van der Waals surface area contributed by atoms with E-state index in [0.717, 1.165) is 16.8 Å². The number of hydrogen-bond acceptors (Lipinski definition) is 0. The van der Waals surface area contributed by atoms with Gasteiger partial charge in [0.05, 0.1) is 0 Å². The Morgan fingerprint density at radius 1 is 1.09 bits per heavy atom. The van der Waals surface area contributed by atoms with E-state index in [9.17, 15) is 0 Å². The van der Waals surface area contributed by atoms with Crippen molar-refractivity contribution in [3.63, 3.8) is 0 Å². The maximum absolute atomic E-state index is 3.41. The van der Waals surface area contributed by atoms with Crippen LogP contribution in [-0.2, 0) is 21.1 Å². The van der Waals surface area contributed by atoms with Crippen LogP contribution in [0.4, 0.5) is 0 Å². The van der Waals surface area contributed by atoms with Gasteiger partial charge in [-0.25, -0.2) is 0 Å². The minimum absolute atomic E-state index is 0. The fourth-order valence-electron chi connectivity index (χ4n) is 2.25. The Balaban J connectivity index is 0.00000264. The van der Waals surface area contributed by atoms with Crippen LogP contribution in [0.3, 0.4) is 0 Å². The van der Waals surface area contributed by atoms with Crippen molar-refractivity contribution in [1.29, 1.82) is 0 Å². The molecule has 0 unspecified atom stereocenters. The Morgan fingerprint density at radius 3 is 2.22 bits per heavy atom. The van der Waals surface area contributed by atoms with Gasteiger partial charge in [-0.15, -0.1) is 65.3 Å². The molecule has 0 aliphatic heterocycles. The van der Waals surface area contributed by atoms with Gasteiger partial charge in [-0.05, 0) is 5.41 Å². The molecule has 0 saturated heterocycles. The maximum atomic E-state index is 3.41. The van der Waals surface area contributed by atoms with Crippen LogP contribution in [0.25, 0.3) is 0 Å². The predicted octanol–water partition coefficient (Wildman–Crippen LogP) is 4.38. The Hall–Kier alpha value is -1.46. The summed E-state index contributed by atoms with van der Waals surface area (Å²) in [4.78, 5) is 0. The quantitative estimate of drug-likeness (QED) is 0.443. The van der Waals surface area contributed by atoms with Crippen molar-refractivity contribution in [3.8, 4) is 0 Å². The summed E-state index contributed by atoms with van der Waals surface area (Å²) in [6.45, 7) is 6.66. The second kappa shape index (κ2) is 8.41. The van der Waals surface area contributed by atoms with Crippen molar-refractivity contribution in [3.05, 3.63) is 83.5 Å². The third-order valence-electron chi connectivity index (χ3n) is 3.57. The minimum Gasteiger partial charge on any atom is -0.275 e. The van der Waals surface area contributed by atoms with Gasteiger partial charge in [-0.2, -0.15) is 0 Å². The van der Waals surface area contributed by atoms with Gasteiger partial charge in [0.1, 0.15) is 19.8 Å². The largest absolute Gasteiger partial charge is 2.00 e. The van der Waals surface area contributed by atoms with Crippen molar-refractivity contribution in [1.82, 2.24) is 0 Å². The molecule has 2 rings (SSSR count). The summed E-state index contributed by atoms with van der Waals surface area (Å²) >= 11 is 0. The second-order valence-corrected chi connectivity index (χ2v) is 6.67. The first-order valence-corrected chi connectivity index (χ1v) is 7.59. The maximum Gasteiger partial charge on any atom is 2.00 e. The number of hydrogen-bond donors (Lipinski definition) is 0. The van der Waals surface area contributed by atoms with Crippen LogP contribution in [0.15, 0.2) is 65.8 Å². The molecule has 1 aliphatic carbocycles. The summed E-state index contributed by atoms with van der Waals surface area (Å²) in [5.74, 6) is 0. The van der Waals surface area contributed by atoms with Crippen molar-refractivity contribution in [2.24, 2.45) is 5.41 Å². The molecule has 0 spiro atoms. The van der Waals surface area contributed by atoms with Crippen molar-refractivity contribution in [2.45, 2.75) is 20.8 Å². The Bertz CT molecular complexity index is 658. The van der Waals surface area contributed by atoms with Gasteiger partial charge in [0.15, 0.2) is 0 Å². The van der Waals surface area contributed by atoms with E-state index in [2.05, 4.69) is 67.9 Å².